The first kappa shape index (κ1) is 28.2. The molecule has 0 aliphatic heterocycles. The Bertz CT molecular complexity index is 1030. The van der Waals surface area contributed by atoms with Gasteiger partial charge in [0.1, 0.15) is 17.0 Å². The minimum atomic E-state index is 0. The van der Waals surface area contributed by atoms with Crippen LogP contribution in [-0.4, -0.2) is 61.4 Å². The number of anilines is 1. The van der Waals surface area contributed by atoms with E-state index >= 15 is 0 Å². The number of methoxy groups -OCH3 is 1. The van der Waals surface area contributed by atoms with E-state index in [0.717, 1.165) is 51.4 Å². The fourth-order valence-corrected chi connectivity index (χ4v) is 5.34. The van der Waals surface area contributed by atoms with Crippen LogP contribution in [0.4, 0.5) is 5.13 Å². The van der Waals surface area contributed by atoms with Crippen LogP contribution in [0.3, 0.4) is 0 Å². The highest BCUT2D eigenvalue weighted by Gasteiger charge is 2.21. The molecule has 0 atom stereocenters. The van der Waals surface area contributed by atoms with E-state index in [9.17, 15) is 4.79 Å². The number of ether oxygens (including phenoxy) is 2. The van der Waals surface area contributed by atoms with Crippen molar-refractivity contribution in [2.75, 3.05) is 50.5 Å². The molecule has 1 amide bonds. The number of thiazole rings is 1. The minimum absolute atomic E-state index is 0. The smallest absolute Gasteiger partial charge is 0.229 e. The molecule has 0 saturated heterocycles. The van der Waals surface area contributed by atoms with Gasteiger partial charge in [-0.25, -0.2) is 4.98 Å². The van der Waals surface area contributed by atoms with Crippen molar-refractivity contribution in [3.8, 4) is 11.5 Å². The molecule has 9 heteroatoms. The van der Waals surface area contributed by atoms with Crippen molar-refractivity contribution >= 4 is 56.8 Å². The largest absolute Gasteiger partial charge is 0.497 e. The number of amides is 1. The van der Waals surface area contributed by atoms with E-state index < -0.39 is 0 Å². The molecule has 0 N–H and O–H groups in total. The Morgan fingerprint density at radius 2 is 1.79 bits per heavy atom. The van der Waals surface area contributed by atoms with Gasteiger partial charge in [0.05, 0.1) is 18.4 Å². The Balaban J connectivity index is 0.00000408. The van der Waals surface area contributed by atoms with Crippen LogP contribution >= 0.6 is 35.5 Å². The fourth-order valence-electron chi connectivity index (χ4n) is 3.47. The van der Waals surface area contributed by atoms with Gasteiger partial charge in [-0.3, -0.25) is 9.69 Å². The number of rotatable bonds is 13. The van der Waals surface area contributed by atoms with Gasteiger partial charge in [0, 0.05) is 30.2 Å². The third kappa shape index (κ3) is 7.50. The van der Waals surface area contributed by atoms with E-state index in [2.05, 4.69) is 18.7 Å². The van der Waals surface area contributed by atoms with Crippen molar-refractivity contribution in [1.29, 1.82) is 0 Å². The SMILES string of the molecule is CCOc1cccc2sc(N(CCN(CC)CC)C(=O)CCSc3ccc(OC)cc3)nc12.Cl. The number of benzene rings is 2. The third-order valence-electron chi connectivity index (χ3n) is 5.38. The van der Waals surface area contributed by atoms with Crippen LogP contribution in [0.15, 0.2) is 47.4 Å². The summed E-state index contributed by atoms with van der Waals surface area (Å²) in [7, 11) is 1.66. The summed E-state index contributed by atoms with van der Waals surface area (Å²) in [5.41, 5.74) is 0.826. The summed E-state index contributed by atoms with van der Waals surface area (Å²) in [6, 6.07) is 13.9. The lowest BCUT2D eigenvalue weighted by atomic mass is 10.3. The molecule has 0 saturated carbocycles. The van der Waals surface area contributed by atoms with Crippen LogP contribution in [0.2, 0.25) is 0 Å². The Hall–Kier alpha value is -2.00. The molecule has 34 heavy (non-hydrogen) atoms. The van der Waals surface area contributed by atoms with Crippen LogP contribution in [0, 0.1) is 0 Å². The summed E-state index contributed by atoms with van der Waals surface area (Å²) in [4.78, 5) is 23.5. The Morgan fingerprint density at radius 3 is 2.44 bits per heavy atom. The van der Waals surface area contributed by atoms with Crippen molar-refractivity contribution in [1.82, 2.24) is 9.88 Å². The average molecular weight is 524 g/mol. The predicted octanol–water partition coefficient (Wildman–Crippen LogP) is 5.98. The van der Waals surface area contributed by atoms with Crippen LogP contribution in [-0.2, 0) is 4.79 Å². The fraction of sp³-hybridized carbons (Fsp3) is 0.440. The number of carbonyl (C=O) groups is 1. The highest BCUT2D eigenvalue weighted by Crippen LogP contribution is 2.34. The molecular weight excluding hydrogens is 490 g/mol. The topological polar surface area (TPSA) is 54.9 Å². The Morgan fingerprint density at radius 1 is 1.06 bits per heavy atom. The molecule has 0 aliphatic carbocycles. The molecule has 0 aliphatic rings. The van der Waals surface area contributed by atoms with Gasteiger partial charge in [-0.1, -0.05) is 31.3 Å². The second-order valence-electron chi connectivity index (χ2n) is 7.38. The minimum Gasteiger partial charge on any atom is -0.497 e. The molecule has 0 fully saturated rings. The van der Waals surface area contributed by atoms with Gasteiger partial charge in [-0.2, -0.15) is 0 Å². The lowest BCUT2D eigenvalue weighted by Crippen LogP contribution is -2.39. The number of fused-ring (bicyclic) bond motifs is 1. The number of carbonyl (C=O) groups excluding carboxylic acids is 1. The molecule has 6 nitrogen and oxygen atoms in total. The first-order chi connectivity index (χ1) is 16.1. The maximum absolute atomic E-state index is 13.3. The third-order valence-corrected chi connectivity index (χ3v) is 7.44. The van der Waals surface area contributed by atoms with Gasteiger partial charge in [-0.15, -0.1) is 24.2 Å². The summed E-state index contributed by atoms with van der Waals surface area (Å²) >= 11 is 3.23. The van der Waals surface area contributed by atoms with Crippen molar-refractivity contribution in [3.63, 3.8) is 0 Å². The zero-order valence-electron chi connectivity index (χ0n) is 20.3. The molecule has 3 rings (SSSR count). The first-order valence-corrected chi connectivity index (χ1v) is 13.2. The van der Waals surface area contributed by atoms with E-state index in [1.165, 1.54) is 0 Å². The van der Waals surface area contributed by atoms with Gasteiger partial charge in [0.25, 0.3) is 0 Å². The molecule has 0 unspecified atom stereocenters. The Kier molecular flexibility index (Phi) is 12.0. The standard InChI is InChI=1S/C25H33N3O3S2.ClH/c1-5-27(6-2)16-17-28(23(29)15-18-32-20-13-11-19(30-4)12-14-20)25-26-24-21(31-7-3)9-8-10-22(24)33-25;/h8-14H,5-7,15-18H2,1-4H3;1H. The van der Waals surface area contributed by atoms with Crippen molar-refractivity contribution in [2.45, 2.75) is 32.1 Å². The molecule has 0 spiro atoms. The van der Waals surface area contributed by atoms with Gasteiger partial charge < -0.3 is 14.4 Å². The maximum Gasteiger partial charge on any atom is 0.229 e. The quantitative estimate of drug-likeness (QED) is 0.257. The molecule has 1 heterocycles. The molecule has 0 bridgehead atoms. The summed E-state index contributed by atoms with van der Waals surface area (Å²) in [6.07, 6.45) is 0.448. The first-order valence-electron chi connectivity index (χ1n) is 11.4. The highest BCUT2D eigenvalue weighted by molar-refractivity contribution is 7.99. The van der Waals surface area contributed by atoms with Crippen LogP contribution in [0.25, 0.3) is 10.2 Å². The number of thioether (sulfide) groups is 1. The molecule has 0 radical (unpaired) electrons. The lowest BCUT2D eigenvalue weighted by Gasteiger charge is -2.24. The van der Waals surface area contributed by atoms with Crippen molar-refractivity contribution < 1.29 is 14.3 Å². The van der Waals surface area contributed by atoms with E-state index in [-0.39, 0.29) is 18.3 Å². The number of hydrogen-bond donors (Lipinski definition) is 0. The predicted molar refractivity (Wildman–Crippen MR) is 147 cm³/mol. The van der Waals surface area contributed by atoms with Crippen LogP contribution < -0.4 is 14.4 Å². The van der Waals surface area contributed by atoms with E-state index in [0.29, 0.717) is 25.3 Å². The summed E-state index contributed by atoms with van der Waals surface area (Å²) in [5.74, 6) is 2.41. The second-order valence-corrected chi connectivity index (χ2v) is 9.56. The summed E-state index contributed by atoms with van der Waals surface area (Å²) in [5, 5.41) is 0.740. The number of para-hydroxylation sites is 1. The van der Waals surface area contributed by atoms with Gasteiger partial charge in [0.2, 0.25) is 5.91 Å². The number of aromatic nitrogens is 1. The normalized spacial score (nSPS) is 10.9. The number of likely N-dealkylation sites (N-methyl/N-ethyl adjacent to an activating group) is 1. The number of hydrogen-bond acceptors (Lipinski definition) is 7. The average Bonchev–Trinajstić information content (AvgIpc) is 3.27. The van der Waals surface area contributed by atoms with E-state index in [1.807, 2.05) is 54.3 Å². The van der Waals surface area contributed by atoms with Gasteiger partial charge in [0.15, 0.2) is 5.13 Å². The molecule has 186 valence electrons. The highest BCUT2D eigenvalue weighted by atomic mass is 35.5. The number of nitrogens with zero attached hydrogens (tertiary/aromatic N) is 3. The molecule has 1 aromatic heterocycles. The Labute approximate surface area is 217 Å². The van der Waals surface area contributed by atoms with E-state index in [4.69, 9.17) is 14.5 Å². The van der Waals surface area contributed by atoms with Gasteiger partial charge in [-0.05, 0) is 56.4 Å². The summed E-state index contributed by atoms with van der Waals surface area (Å²) in [6.45, 7) is 10.2. The molecule has 3 aromatic rings. The zero-order valence-corrected chi connectivity index (χ0v) is 22.7. The summed E-state index contributed by atoms with van der Waals surface area (Å²) < 4.78 is 12.0. The van der Waals surface area contributed by atoms with Crippen molar-refractivity contribution in [3.05, 3.63) is 42.5 Å². The van der Waals surface area contributed by atoms with E-state index in [1.54, 1.807) is 30.2 Å². The second kappa shape index (κ2) is 14.4. The molecule has 2 aromatic carbocycles. The van der Waals surface area contributed by atoms with Crippen LogP contribution in [0.1, 0.15) is 27.2 Å². The van der Waals surface area contributed by atoms with Gasteiger partial charge >= 0.3 is 0 Å². The lowest BCUT2D eigenvalue weighted by molar-refractivity contribution is -0.118. The zero-order chi connectivity index (χ0) is 23.6. The number of halogens is 1. The monoisotopic (exact) mass is 523 g/mol. The molecular formula is C25H34ClN3O3S2. The maximum atomic E-state index is 13.3. The van der Waals surface area contributed by atoms with Crippen molar-refractivity contribution in [2.24, 2.45) is 0 Å². The van der Waals surface area contributed by atoms with Crippen LogP contribution in [0.5, 0.6) is 11.5 Å².